The summed E-state index contributed by atoms with van der Waals surface area (Å²) in [7, 11) is 0. The molecule has 0 saturated carbocycles. The molecule has 208 valence electrons. The zero-order chi connectivity index (χ0) is 27.6. The quantitative estimate of drug-likeness (QED) is 0.192. The van der Waals surface area contributed by atoms with Gasteiger partial charge >= 0.3 is 0 Å². The predicted octanol–water partition coefficient (Wildman–Crippen LogP) is 11.7. The van der Waals surface area contributed by atoms with Gasteiger partial charge in [0.1, 0.15) is 5.82 Å². The fraction of sp³-hybridized carbons (Fsp3) is 0.444. The summed E-state index contributed by atoms with van der Waals surface area (Å²) < 4.78 is 44.9. The molecule has 0 aromatic heterocycles. The molecule has 0 nitrogen and oxygen atoms in total. The molecule has 1 aliphatic carbocycles. The molecule has 0 spiro atoms. The third kappa shape index (κ3) is 7.65. The molecule has 1 atom stereocenters. The van der Waals surface area contributed by atoms with E-state index in [2.05, 4.69) is 19.9 Å². The smallest absolute Gasteiger partial charge is 0.166 e. The average molecular weight is 533 g/mol. The van der Waals surface area contributed by atoms with E-state index >= 15 is 4.39 Å². The Morgan fingerprint density at radius 2 is 1.33 bits per heavy atom. The minimum atomic E-state index is -0.794. The van der Waals surface area contributed by atoms with Gasteiger partial charge in [-0.3, -0.25) is 0 Å². The maximum Gasteiger partial charge on any atom is 0.166 e. The van der Waals surface area contributed by atoms with Gasteiger partial charge in [-0.15, -0.1) is 0 Å². The number of benzene rings is 3. The van der Waals surface area contributed by atoms with E-state index < -0.39 is 11.6 Å². The second-order valence-electron chi connectivity index (χ2n) is 11.2. The van der Waals surface area contributed by atoms with E-state index in [4.69, 9.17) is 0 Å². The number of halogens is 3. The van der Waals surface area contributed by atoms with Crippen molar-refractivity contribution in [2.45, 2.75) is 97.3 Å². The van der Waals surface area contributed by atoms with Crippen LogP contribution in [0.4, 0.5) is 13.2 Å². The first kappa shape index (κ1) is 29.2. The minimum absolute atomic E-state index is 0.203. The van der Waals surface area contributed by atoms with Gasteiger partial charge in [-0.05, 0) is 71.9 Å². The van der Waals surface area contributed by atoms with Crippen LogP contribution in [0.3, 0.4) is 0 Å². The highest BCUT2D eigenvalue weighted by molar-refractivity contribution is 5.74. The third-order valence-electron chi connectivity index (χ3n) is 8.29. The van der Waals surface area contributed by atoms with Crippen LogP contribution in [0.5, 0.6) is 0 Å². The van der Waals surface area contributed by atoms with E-state index in [-0.39, 0.29) is 11.4 Å². The van der Waals surface area contributed by atoms with Crippen molar-refractivity contribution in [3.8, 4) is 22.3 Å². The zero-order valence-electron chi connectivity index (χ0n) is 23.7. The molecule has 3 aromatic carbocycles. The van der Waals surface area contributed by atoms with Crippen molar-refractivity contribution in [2.24, 2.45) is 5.92 Å². The van der Waals surface area contributed by atoms with E-state index in [1.165, 1.54) is 32.1 Å². The lowest BCUT2D eigenvalue weighted by Gasteiger charge is -2.22. The number of rotatable bonds is 13. The van der Waals surface area contributed by atoms with Gasteiger partial charge in [-0.2, -0.15) is 0 Å². The van der Waals surface area contributed by atoms with Gasteiger partial charge in [0, 0.05) is 11.1 Å². The van der Waals surface area contributed by atoms with E-state index in [9.17, 15) is 8.78 Å². The van der Waals surface area contributed by atoms with E-state index in [1.54, 1.807) is 30.3 Å². The van der Waals surface area contributed by atoms with Gasteiger partial charge in [0.2, 0.25) is 0 Å². The number of aryl methyl sites for hydroxylation is 1. The summed E-state index contributed by atoms with van der Waals surface area (Å²) in [5, 5.41) is 0. The van der Waals surface area contributed by atoms with Crippen LogP contribution in [-0.4, -0.2) is 0 Å². The van der Waals surface area contributed by atoms with Crippen LogP contribution in [0, 0.1) is 23.4 Å². The van der Waals surface area contributed by atoms with Gasteiger partial charge in [-0.1, -0.05) is 120 Å². The SMILES string of the molecule is CCCCCCCc1ccc(-c2ccc(-c3ccc(C4=CCC(CCCCC)CC4)c(F)c3)cc2)c(F)c1F. The van der Waals surface area contributed by atoms with Gasteiger partial charge < -0.3 is 0 Å². The molecule has 0 bridgehead atoms. The maximum absolute atomic E-state index is 15.2. The molecule has 0 heterocycles. The van der Waals surface area contributed by atoms with Crippen LogP contribution in [0.25, 0.3) is 27.8 Å². The van der Waals surface area contributed by atoms with Gasteiger partial charge in [0.05, 0.1) is 0 Å². The number of hydrogen-bond donors (Lipinski definition) is 0. The first-order chi connectivity index (χ1) is 19.0. The molecule has 0 aliphatic heterocycles. The predicted molar refractivity (Wildman–Crippen MR) is 159 cm³/mol. The Labute approximate surface area is 233 Å². The Hall–Kier alpha value is -2.81. The fourth-order valence-electron chi connectivity index (χ4n) is 5.80. The summed E-state index contributed by atoms with van der Waals surface area (Å²) in [4.78, 5) is 0. The lowest BCUT2D eigenvalue weighted by Crippen LogP contribution is -2.06. The highest BCUT2D eigenvalue weighted by Crippen LogP contribution is 2.35. The molecule has 3 aromatic rings. The number of allylic oxidation sites excluding steroid dienone is 2. The molecule has 0 fully saturated rings. The average Bonchev–Trinajstić information content (AvgIpc) is 2.96. The van der Waals surface area contributed by atoms with Gasteiger partial charge in [0.15, 0.2) is 11.6 Å². The molecule has 3 heteroatoms. The second-order valence-corrected chi connectivity index (χ2v) is 11.2. The van der Waals surface area contributed by atoms with Crippen molar-refractivity contribution in [2.75, 3.05) is 0 Å². The normalized spacial score (nSPS) is 15.4. The summed E-state index contributed by atoms with van der Waals surface area (Å²) in [6.07, 6.45) is 16.4. The van der Waals surface area contributed by atoms with Crippen LogP contribution >= 0.6 is 0 Å². The van der Waals surface area contributed by atoms with Crippen molar-refractivity contribution < 1.29 is 13.2 Å². The molecule has 0 N–H and O–H groups in total. The van der Waals surface area contributed by atoms with E-state index in [1.807, 2.05) is 24.3 Å². The lowest BCUT2D eigenvalue weighted by molar-refractivity contribution is 0.427. The van der Waals surface area contributed by atoms with Crippen molar-refractivity contribution in [1.29, 1.82) is 0 Å². The molecule has 0 saturated heterocycles. The molecule has 1 unspecified atom stereocenters. The topological polar surface area (TPSA) is 0 Å². The first-order valence-corrected chi connectivity index (χ1v) is 15.1. The standard InChI is InChI=1S/C36H43F3/c1-3-5-7-8-10-12-30-21-24-33(36(39)35(30)38)29-19-17-27(18-20-29)31-22-23-32(34(37)25-31)28-15-13-26(14-16-28)11-9-6-4-2/h15,17-26H,3-14,16H2,1-2H3. The third-order valence-corrected chi connectivity index (χ3v) is 8.29. The first-order valence-electron chi connectivity index (χ1n) is 15.1. The minimum Gasteiger partial charge on any atom is -0.206 e. The molecular formula is C36H43F3. The summed E-state index contributed by atoms with van der Waals surface area (Å²) in [5.74, 6) is -1.01. The van der Waals surface area contributed by atoms with Crippen LogP contribution in [0.1, 0.15) is 102 Å². The molecule has 39 heavy (non-hydrogen) atoms. The van der Waals surface area contributed by atoms with Gasteiger partial charge in [-0.25, -0.2) is 13.2 Å². The largest absolute Gasteiger partial charge is 0.206 e. The molecule has 0 amide bonds. The molecule has 0 radical (unpaired) electrons. The van der Waals surface area contributed by atoms with Crippen molar-refractivity contribution in [1.82, 2.24) is 0 Å². The van der Waals surface area contributed by atoms with Gasteiger partial charge in [0.25, 0.3) is 0 Å². The molecule has 1 aliphatic rings. The van der Waals surface area contributed by atoms with Crippen molar-refractivity contribution in [3.63, 3.8) is 0 Å². The summed E-state index contributed by atoms with van der Waals surface area (Å²) >= 11 is 0. The summed E-state index contributed by atoms with van der Waals surface area (Å²) in [5.41, 5.74) is 4.76. The Balaban J connectivity index is 1.42. The summed E-state index contributed by atoms with van der Waals surface area (Å²) in [6, 6.07) is 16.1. The van der Waals surface area contributed by atoms with Crippen LogP contribution in [-0.2, 0) is 6.42 Å². The molecule has 4 rings (SSSR count). The van der Waals surface area contributed by atoms with Crippen molar-refractivity contribution >= 4 is 5.57 Å². The monoisotopic (exact) mass is 532 g/mol. The van der Waals surface area contributed by atoms with Crippen LogP contribution in [0.2, 0.25) is 0 Å². The van der Waals surface area contributed by atoms with Crippen molar-refractivity contribution in [3.05, 3.63) is 89.3 Å². The second kappa shape index (κ2) is 14.5. The molecular weight excluding hydrogens is 489 g/mol. The Bertz CT molecular complexity index is 1240. The summed E-state index contributed by atoms with van der Waals surface area (Å²) in [6.45, 7) is 4.39. The van der Waals surface area contributed by atoms with E-state index in [0.29, 0.717) is 23.1 Å². The maximum atomic E-state index is 15.2. The zero-order valence-corrected chi connectivity index (χ0v) is 23.7. The van der Waals surface area contributed by atoms with E-state index in [0.717, 1.165) is 67.6 Å². The Kier molecular flexibility index (Phi) is 10.9. The highest BCUT2D eigenvalue weighted by Gasteiger charge is 2.18. The lowest BCUT2D eigenvalue weighted by atomic mass is 9.83. The number of unbranched alkanes of at least 4 members (excludes halogenated alkanes) is 6. The van der Waals surface area contributed by atoms with Crippen LogP contribution in [0.15, 0.2) is 60.7 Å². The van der Waals surface area contributed by atoms with Crippen LogP contribution < -0.4 is 0 Å². The highest BCUT2D eigenvalue weighted by atomic mass is 19.2. The fourth-order valence-corrected chi connectivity index (χ4v) is 5.80. The Morgan fingerprint density at radius 1 is 0.667 bits per heavy atom. The Morgan fingerprint density at radius 3 is 2.03 bits per heavy atom. The number of hydrogen-bond acceptors (Lipinski definition) is 0.